The van der Waals surface area contributed by atoms with Crippen LogP contribution in [-0.2, 0) is 28.1 Å². The Hall–Kier alpha value is 0.0112. The quantitative estimate of drug-likeness (QED) is 0.541. The van der Waals surface area contributed by atoms with Crippen molar-refractivity contribution in [3.05, 3.63) is 53.6 Å². The van der Waals surface area contributed by atoms with Crippen LogP contribution < -0.4 is 4.43 Å². The van der Waals surface area contributed by atoms with Crippen LogP contribution in [0.2, 0.25) is 19.6 Å². The molecular weight excluding hydrogens is 343 g/mol. The summed E-state index contributed by atoms with van der Waals surface area (Å²) in [6.07, 6.45) is 9.54. The first-order valence-corrected chi connectivity index (χ1v) is 9.48. The molecule has 0 spiro atoms. The average molecular weight is 364 g/mol. The van der Waals surface area contributed by atoms with Crippen LogP contribution in [0.1, 0.15) is 12.0 Å². The smallest absolute Gasteiger partial charge is 0.242 e. The molecule has 0 amide bonds. The fourth-order valence-electron chi connectivity index (χ4n) is 1.86. The molecule has 0 aliphatic heterocycles. The molecule has 1 aromatic carbocycles. The number of rotatable bonds is 4. The number of hydrogen-bond acceptors (Lipinski definition) is 1. The van der Waals surface area contributed by atoms with E-state index in [1.807, 2.05) is 6.07 Å². The van der Waals surface area contributed by atoms with Gasteiger partial charge in [-0.2, -0.15) is 6.08 Å². The Bertz CT molecular complexity index is 467. The van der Waals surface area contributed by atoms with E-state index in [9.17, 15) is 0 Å². The first-order chi connectivity index (χ1) is 8.04. The maximum absolute atomic E-state index is 6.12. The molecule has 0 aromatic heterocycles. The van der Waals surface area contributed by atoms with E-state index >= 15 is 0 Å². The fraction of sp³-hybridized carbons (Fsp3) is 0.333. The topological polar surface area (TPSA) is 9.23 Å². The molecular formula is C15H21Cl2OSiTi-. The second-order valence-electron chi connectivity index (χ2n) is 5.31. The number of benzene rings is 1. The van der Waals surface area contributed by atoms with Crippen LogP contribution >= 0.6 is 24.8 Å². The third-order valence-corrected chi connectivity index (χ3v) is 3.37. The van der Waals surface area contributed by atoms with E-state index in [1.54, 1.807) is 0 Å². The van der Waals surface area contributed by atoms with Crippen LogP contribution in [0.25, 0.3) is 0 Å². The zero-order valence-corrected chi connectivity index (χ0v) is 16.3. The van der Waals surface area contributed by atoms with Crippen molar-refractivity contribution in [2.45, 2.75) is 32.5 Å². The molecule has 110 valence electrons. The van der Waals surface area contributed by atoms with Gasteiger partial charge in [0, 0.05) is 21.7 Å². The van der Waals surface area contributed by atoms with Gasteiger partial charge >= 0.3 is 0 Å². The predicted molar refractivity (Wildman–Crippen MR) is 89.1 cm³/mol. The third kappa shape index (κ3) is 7.14. The number of halogens is 2. The second-order valence-corrected chi connectivity index (χ2v) is 9.74. The summed E-state index contributed by atoms with van der Waals surface area (Å²) in [5.41, 5.74) is 2.54. The largest absolute Gasteiger partial charge is 0.544 e. The minimum absolute atomic E-state index is 0. The SMILES string of the molecule is C[Si](C)(C)Oc1ccccc1CC1=[C-]CC=C1.Cl.Cl.[Ti]. The van der Waals surface area contributed by atoms with Crippen LogP contribution in [0.15, 0.2) is 42.0 Å². The van der Waals surface area contributed by atoms with Gasteiger partial charge in [-0.15, -0.1) is 31.2 Å². The predicted octanol–water partition coefficient (Wildman–Crippen LogP) is 4.97. The Labute approximate surface area is 150 Å². The summed E-state index contributed by atoms with van der Waals surface area (Å²) in [6.45, 7) is 6.64. The molecule has 20 heavy (non-hydrogen) atoms. The van der Waals surface area contributed by atoms with Crippen molar-refractivity contribution < 1.29 is 26.1 Å². The van der Waals surface area contributed by atoms with Crippen molar-refractivity contribution in [3.63, 3.8) is 0 Å². The molecule has 0 saturated carbocycles. The molecule has 0 atom stereocenters. The average Bonchev–Trinajstić information content (AvgIpc) is 2.71. The van der Waals surface area contributed by atoms with Gasteiger partial charge < -0.3 is 4.43 Å². The van der Waals surface area contributed by atoms with Gasteiger partial charge in [0.2, 0.25) is 8.32 Å². The molecule has 1 aliphatic carbocycles. The van der Waals surface area contributed by atoms with E-state index in [-0.39, 0.29) is 46.5 Å². The first kappa shape index (κ1) is 22.3. The number of allylic oxidation sites excluding steroid dienone is 4. The van der Waals surface area contributed by atoms with Crippen molar-refractivity contribution in [1.29, 1.82) is 0 Å². The van der Waals surface area contributed by atoms with E-state index < -0.39 is 8.32 Å². The summed E-state index contributed by atoms with van der Waals surface area (Å²) in [4.78, 5) is 0. The van der Waals surface area contributed by atoms with Crippen molar-refractivity contribution in [1.82, 2.24) is 0 Å². The Balaban J connectivity index is 0. The van der Waals surface area contributed by atoms with E-state index in [0.717, 1.165) is 18.6 Å². The molecule has 5 heteroatoms. The molecule has 0 fully saturated rings. The van der Waals surface area contributed by atoms with Crippen LogP contribution in [0, 0.1) is 6.08 Å². The van der Waals surface area contributed by atoms with Gasteiger partial charge in [0.25, 0.3) is 0 Å². The van der Waals surface area contributed by atoms with Crippen LogP contribution in [-0.4, -0.2) is 8.32 Å². The molecule has 1 aromatic rings. The maximum atomic E-state index is 6.12. The van der Waals surface area contributed by atoms with E-state index in [2.05, 4.69) is 56.1 Å². The van der Waals surface area contributed by atoms with Crippen molar-refractivity contribution in [2.24, 2.45) is 0 Å². The Kier molecular flexibility index (Phi) is 11.0. The molecule has 0 N–H and O–H groups in total. The molecule has 1 aliphatic rings. The summed E-state index contributed by atoms with van der Waals surface area (Å²) >= 11 is 0. The zero-order valence-electron chi connectivity index (χ0n) is 12.1. The molecule has 1 nitrogen and oxygen atoms in total. The first-order valence-electron chi connectivity index (χ1n) is 6.08. The van der Waals surface area contributed by atoms with Crippen molar-refractivity contribution in [3.8, 4) is 5.75 Å². The molecule has 0 heterocycles. The third-order valence-electron chi connectivity index (χ3n) is 2.54. The maximum Gasteiger partial charge on any atom is 0.242 e. The van der Waals surface area contributed by atoms with Gasteiger partial charge in [-0.05, 0) is 37.7 Å². The Morgan fingerprint density at radius 1 is 1.15 bits per heavy atom. The number of hydrogen-bond donors (Lipinski definition) is 0. The minimum atomic E-state index is -1.53. The Morgan fingerprint density at radius 3 is 2.35 bits per heavy atom. The minimum Gasteiger partial charge on any atom is -0.544 e. The second kappa shape index (κ2) is 9.86. The summed E-state index contributed by atoms with van der Waals surface area (Å²) in [6, 6.07) is 8.34. The normalized spacial score (nSPS) is 12.7. The number of para-hydroxylation sites is 1. The summed E-state index contributed by atoms with van der Waals surface area (Å²) < 4.78 is 6.12. The molecule has 0 bridgehead atoms. The van der Waals surface area contributed by atoms with Gasteiger partial charge in [0.05, 0.1) is 0 Å². The van der Waals surface area contributed by atoms with Gasteiger partial charge in [-0.3, -0.25) is 6.08 Å². The molecule has 2 rings (SSSR count). The van der Waals surface area contributed by atoms with Crippen LogP contribution in [0.4, 0.5) is 0 Å². The zero-order chi connectivity index (χ0) is 12.3. The van der Waals surface area contributed by atoms with Gasteiger partial charge in [-0.1, -0.05) is 18.2 Å². The van der Waals surface area contributed by atoms with E-state index in [1.165, 1.54) is 11.1 Å². The van der Waals surface area contributed by atoms with Gasteiger partial charge in [0.1, 0.15) is 5.75 Å². The van der Waals surface area contributed by atoms with Gasteiger partial charge in [0.15, 0.2) is 0 Å². The summed E-state index contributed by atoms with van der Waals surface area (Å²) in [5, 5.41) is 0. The fourth-order valence-corrected chi connectivity index (χ4v) is 2.71. The van der Waals surface area contributed by atoms with Gasteiger partial charge in [-0.25, -0.2) is 11.6 Å². The standard InChI is InChI=1S/C15H19OSi.2ClH.Ti/c1-17(2,3)16-15-11-7-6-10-14(15)12-13-8-4-5-9-13;;;/h4,6-8,10-11H,5,12H2,1-3H3;2*1H;/q-1;;;. The Morgan fingerprint density at radius 2 is 1.80 bits per heavy atom. The van der Waals surface area contributed by atoms with Crippen LogP contribution in [0.5, 0.6) is 5.75 Å². The van der Waals surface area contributed by atoms with E-state index in [4.69, 9.17) is 4.43 Å². The monoisotopic (exact) mass is 363 g/mol. The summed E-state index contributed by atoms with van der Waals surface area (Å²) in [7, 11) is -1.53. The van der Waals surface area contributed by atoms with Crippen LogP contribution in [0.3, 0.4) is 0 Å². The molecule has 0 radical (unpaired) electrons. The molecule has 0 saturated heterocycles. The summed E-state index contributed by atoms with van der Waals surface area (Å²) in [5.74, 6) is 1.04. The van der Waals surface area contributed by atoms with Crippen molar-refractivity contribution in [2.75, 3.05) is 0 Å². The van der Waals surface area contributed by atoms with E-state index in [0.29, 0.717) is 0 Å². The van der Waals surface area contributed by atoms with Crippen molar-refractivity contribution >= 4 is 33.1 Å². The molecule has 0 unspecified atom stereocenters.